The number of carbonyl (C=O) groups excluding carboxylic acids is 1. The van der Waals surface area contributed by atoms with E-state index in [-0.39, 0.29) is 12.3 Å². The molecule has 1 heterocycles. The van der Waals surface area contributed by atoms with E-state index in [1.807, 2.05) is 62.4 Å². The Morgan fingerprint density at radius 2 is 1.57 bits per heavy atom. The van der Waals surface area contributed by atoms with Crippen LogP contribution in [0, 0.1) is 0 Å². The molecule has 3 nitrogen and oxygen atoms in total. The topological polar surface area (TPSA) is 52.3 Å². The second kappa shape index (κ2) is 4.71. The summed E-state index contributed by atoms with van der Waals surface area (Å²) in [6.45, 7) is 4.05. The summed E-state index contributed by atoms with van der Waals surface area (Å²) in [6.07, 6.45) is 0.136. The molecule has 0 bridgehead atoms. The third-order valence-corrected chi connectivity index (χ3v) is 4.10. The van der Waals surface area contributed by atoms with Gasteiger partial charge >= 0.3 is 0 Å². The first-order chi connectivity index (χ1) is 9.96. The van der Waals surface area contributed by atoms with Crippen molar-refractivity contribution in [2.75, 3.05) is 0 Å². The molecule has 1 unspecified atom stereocenters. The highest BCUT2D eigenvalue weighted by molar-refractivity contribution is 5.77. The van der Waals surface area contributed by atoms with Gasteiger partial charge in [0.05, 0.1) is 12.0 Å². The second-order valence-corrected chi connectivity index (χ2v) is 5.99. The van der Waals surface area contributed by atoms with Crippen LogP contribution in [-0.2, 0) is 20.7 Å². The van der Waals surface area contributed by atoms with Crippen molar-refractivity contribution in [3.63, 3.8) is 0 Å². The Balaban J connectivity index is 2.26. The molecular formula is C18H19NO2. The van der Waals surface area contributed by atoms with Gasteiger partial charge < -0.3 is 10.5 Å². The van der Waals surface area contributed by atoms with E-state index in [9.17, 15) is 4.79 Å². The van der Waals surface area contributed by atoms with E-state index >= 15 is 0 Å². The van der Waals surface area contributed by atoms with E-state index in [4.69, 9.17) is 10.5 Å². The SMILES string of the molecule is CC1(C)OC(CC(N)=O)(c2ccccc2)c2ccccc21. The number of hydrogen-bond donors (Lipinski definition) is 1. The lowest BCUT2D eigenvalue weighted by molar-refractivity contribution is -0.134. The monoisotopic (exact) mass is 281 g/mol. The fourth-order valence-corrected chi connectivity index (χ4v) is 3.31. The molecule has 3 rings (SSSR count). The first-order valence-electron chi connectivity index (χ1n) is 7.10. The molecule has 0 saturated heterocycles. The minimum absolute atomic E-state index is 0.136. The van der Waals surface area contributed by atoms with Crippen LogP contribution < -0.4 is 5.73 Å². The largest absolute Gasteiger partial charge is 0.370 e. The molecule has 3 heteroatoms. The number of nitrogens with two attached hydrogens (primary N) is 1. The summed E-state index contributed by atoms with van der Waals surface area (Å²) in [5.74, 6) is -0.369. The average molecular weight is 281 g/mol. The fourth-order valence-electron chi connectivity index (χ4n) is 3.31. The Kier molecular flexibility index (Phi) is 3.10. The normalized spacial score (nSPS) is 22.8. The number of fused-ring (bicyclic) bond motifs is 1. The highest BCUT2D eigenvalue weighted by Gasteiger charge is 2.50. The molecule has 1 atom stereocenters. The molecule has 1 aliphatic rings. The molecule has 2 aromatic carbocycles. The van der Waals surface area contributed by atoms with Gasteiger partial charge in [0.2, 0.25) is 5.91 Å². The van der Waals surface area contributed by atoms with Crippen LogP contribution >= 0.6 is 0 Å². The summed E-state index contributed by atoms with van der Waals surface area (Å²) in [5.41, 5.74) is 7.36. The lowest BCUT2D eigenvalue weighted by atomic mass is 9.81. The predicted molar refractivity (Wildman–Crippen MR) is 81.6 cm³/mol. The van der Waals surface area contributed by atoms with Crippen molar-refractivity contribution < 1.29 is 9.53 Å². The van der Waals surface area contributed by atoms with Crippen LogP contribution in [0.1, 0.15) is 37.0 Å². The molecule has 0 aromatic heterocycles. The van der Waals surface area contributed by atoms with Crippen LogP contribution in [0.2, 0.25) is 0 Å². The molecule has 0 radical (unpaired) electrons. The Hall–Kier alpha value is -2.13. The molecule has 0 aliphatic carbocycles. The van der Waals surface area contributed by atoms with Gasteiger partial charge in [-0.25, -0.2) is 0 Å². The zero-order valence-electron chi connectivity index (χ0n) is 12.3. The molecular weight excluding hydrogens is 262 g/mol. The fraction of sp³-hybridized carbons (Fsp3) is 0.278. The van der Waals surface area contributed by atoms with E-state index in [1.165, 1.54) is 0 Å². The van der Waals surface area contributed by atoms with Crippen molar-refractivity contribution in [1.29, 1.82) is 0 Å². The van der Waals surface area contributed by atoms with Crippen LogP contribution in [0.4, 0.5) is 0 Å². The van der Waals surface area contributed by atoms with Crippen molar-refractivity contribution >= 4 is 5.91 Å². The van der Waals surface area contributed by atoms with Crippen LogP contribution in [0.3, 0.4) is 0 Å². The Bertz CT molecular complexity index is 679. The third kappa shape index (κ3) is 2.14. The molecule has 1 amide bonds. The lowest BCUT2D eigenvalue weighted by Crippen LogP contribution is -2.35. The van der Waals surface area contributed by atoms with Crippen molar-refractivity contribution in [3.05, 3.63) is 71.3 Å². The lowest BCUT2D eigenvalue weighted by Gasteiger charge is -2.32. The smallest absolute Gasteiger partial charge is 0.221 e. The molecule has 0 saturated carbocycles. The van der Waals surface area contributed by atoms with E-state index in [1.54, 1.807) is 0 Å². The standard InChI is InChI=1S/C18H19NO2/c1-17(2)14-10-6-7-11-15(14)18(21-17,12-16(19)20)13-8-4-3-5-9-13/h3-11H,12H2,1-2H3,(H2,19,20). The van der Waals surface area contributed by atoms with Crippen molar-refractivity contribution in [2.24, 2.45) is 5.73 Å². The van der Waals surface area contributed by atoms with Crippen molar-refractivity contribution in [2.45, 2.75) is 31.5 Å². The summed E-state index contributed by atoms with van der Waals surface area (Å²) in [7, 11) is 0. The van der Waals surface area contributed by atoms with Crippen LogP contribution in [0.5, 0.6) is 0 Å². The number of rotatable bonds is 3. The second-order valence-electron chi connectivity index (χ2n) is 5.99. The summed E-state index contributed by atoms with van der Waals surface area (Å²) in [6, 6.07) is 17.9. The van der Waals surface area contributed by atoms with Crippen LogP contribution in [0.15, 0.2) is 54.6 Å². The predicted octanol–water partition coefficient (Wildman–Crippen LogP) is 3.07. The molecule has 21 heavy (non-hydrogen) atoms. The van der Waals surface area contributed by atoms with Gasteiger partial charge in [0.15, 0.2) is 0 Å². The van der Waals surface area contributed by atoms with E-state index in [0.717, 1.165) is 16.7 Å². The Morgan fingerprint density at radius 1 is 1.00 bits per heavy atom. The van der Waals surface area contributed by atoms with Gasteiger partial charge in [-0.3, -0.25) is 4.79 Å². The first kappa shape index (κ1) is 13.8. The molecule has 0 spiro atoms. The maximum atomic E-state index is 11.7. The van der Waals surface area contributed by atoms with Gasteiger partial charge in [0.1, 0.15) is 5.60 Å². The number of carbonyl (C=O) groups is 1. The zero-order valence-corrected chi connectivity index (χ0v) is 12.3. The van der Waals surface area contributed by atoms with Gasteiger partial charge in [0, 0.05) is 0 Å². The minimum atomic E-state index is -0.798. The number of primary amides is 1. The first-order valence-corrected chi connectivity index (χ1v) is 7.10. The van der Waals surface area contributed by atoms with Gasteiger partial charge in [-0.1, -0.05) is 54.6 Å². The highest BCUT2D eigenvalue weighted by Crippen LogP contribution is 2.51. The third-order valence-electron chi connectivity index (χ3n) is 4.10. The molecule has 2 aromatic rings. The minimum Gasteiger partial charge on any atom is -0.370 e. The van der Waals surface area contributed by atoms with Gasteiger partial charge in [-0.2, -0.15) is 0 Å². The van der Waals surface area contributed by atoms with Gasteiger partial charge in [-0.05, 0) is 30.5 Å². The summed E-state index contributed by atoms with van der Waals surface area (Å²) in [5, 5.41) is 0. The van der Waals surface area contributed by atoms with Crippen LogP contribution in [-0.4, -0.2) is 5.91 Å². The number of ether oxygens (including phenoxy) is 1. The number of hydrogen-bond acceptors (Lipinski definition) is 2. The Morgan fingerprint density at radius 3 is 2.19 bits per heavy atom. The zero-order chi connectivity index (χ0) is 15.1. The number of amides is 1. The molecule has 0 fully saturated rings. The quantitative estimate of drug-likeness (QED) is 0.940. The van der Waals surface area contributed by atoms with E-state index in [0.29, 0.717) is 0 Å². The highest BCUT2D eigenvalue weighted by atomic mass is 16.5. The van der Waals surface area contributed by atoms with Crippen molar-refractivity contribution in [3.8, 4) is 0 Å². The summed E-state index contributed by atoms with van der Waals surface area (Å²) in [4.78, 5) is 11.7. The van der Waals surface area contributed by atoms with E-state index in [2.05, 4.69) is 6.07 Å². The van der Waals surface area contributed by atoms with Gasteiger partial charge in [0.25, 0.3) is 0 Å². The summed E-state index contributed by atoms with van der Waals surface area (Å²) < 4.78 is 6.40. The van der Waals surface area contributed by atoms with Crippen LogP contribution in [0.25, 0.3) is 0 Å². The van der Waals surface area contributed by atoms with Crippen molar-refractivity contribution in [1.82, 2.24) is 0 Å². The maximum Gasteiger partial charge on any atom is 0.221 e. The Labute approximate surface area is 124 Å². The molecule has 2 N–H and O–H groups in total. The summed E-state index contributed by atoms with van der Waals surface area (Å²) >= 11 is 0. The number of benzene rings is 2. The van der Waals surface area contributed by atoms with Gasteiger partial charge in [-0.15, -0.1) is 0 Å². The molecule has 108 valence electrons. The average Bonchev–Trinajstić information content (AvgIpc) is 2.69. The molecule has 1 aliphatic heterocycles. The van der Waals surface area contributed by atoms with E-state index < -0.39 is 11.2 Å². The maximum absolute atomic E-state index is 11.7.